The van der Waals surface area contributed by atoms with E-state index in [0.29, 0.717) is 5.69 Å². The molecular formula is C16H13F3N2. The third kappa shape index (κ3) is 3.99. The molecule has 2 rings (SSSR count). The molecule has 0 fully saturated rings. The Bertz CT molecular complexity index is 613. The predicted octanol–water partition coefficient (Wildman–Crippen LogP) is 4.47. The zero-order valence-electron chi connectivity index (χ0n) is 11.1. The molecule has 1 atom stereocenters. The van der Waals surface area contributed by atoms with E-state index in [1.807, 2.05) is 6.07 Å². The van der Waals surface area contributed by atoms with Crippen molar-refractivity contribution in [2.45, 2.75) is 18.6 Å². The van der Waals surface area contributed by atoms with Crippen LogP contribution in [0.2, 0.25) is 0 Å². The molecule has 0 bridgehead atoms. The highest BCUT2D eigenvalue weighted by Crippen LogP contribution is 2.35. The largest absolute Gasteiger partial charge is 0.412 e. The molecule has 108 valence electrons. The first kappa shape index (κ1) is 14.9. The van der Waals surface area contributed by atoms with Crippen molar-refractivity contribution < 1.29 is 13.2 Å². The number of nitrogens with one attached hydrogen (secondary N) is 1. The number of alkyl halides is 3. The lowest BCUT2D eigenvalue weighted by molar-refractivity contribution is -0.144. The Balaban J connectivity index is 2.22. The van der Waals surface area contributed by atoms with Crippen LogP contribution in [0.1, 0.15) is 17.2 Å². The highest BCUT2D eigenvalue weighted by atomic mass is 19.4. The zero-order valence-corrected chi connectivity index (χ0v) is 11.1. The lowest BCUT2D eigenvalue weighted by atomic mass is 10.1. The van der Waals surface area contributed by atoms with Crippen molar-refractivity contribution in [3.63, 3.8) is 0 Å². The van der Waals surface area contributed by atoms with Gasteiger partial charge in [-0.05, 0) is 23.3 Å². The number of hydrogen-bond donors (Lipinski definition) is 1. The Kier molecular flexibility index (Phi) is 4.49. The Hall–Kier alpha value is -2.48. The van der Waals surface area contributed by atoms with Gasteiger partial charge < -0.3 is 5.32 Å². The van der Waals surface area contributed by atoms with Crippen LogP contribution in [0.3, 0.4) is 0 Å². The number of nitrogens with zero attached hydrogens (tertiary/aromatic N) is 1. The van der Waals surface area contributed by atoms with Crippen LogP contribution in [0, 0.1) is 11.3 Å². The first-order valence-corrected chi connectivity index (χ1v) is 6.35. The van der Waals surface area contributed by atoms with Crippen molar-refractivity contribution in [3.05, 3.63) is 65.7 Å². The van der Waals surface area contributed by atoms with E-state index in [2.05, 4.69) is 5.32 Å². The molecule has 0 aromatic heterocycles. The van der Waals surface area contributed by atoms with Gasteiger partial charge in [0.25, 0.3) is 0 Å². The van der Waals surface area contributed by atoms with Crippen LogP contribution in [0.5, 0.6) is 0 Å². The molecule has 0 aliphatic heterocycles. The van der Waals surface area contributed by atoms with Gasteiger partial charge in [0.2, 0.25) is 0 Å². The van der Waals surface area contributed by atoms with E-state index in [-0.39, 0.29) is 12.0 Å². The number of nitriles is 1. The first-order valence-electron chi connectivity index (χ1n) is 6.35. The average molecular weight is 290 g/mol. The van der Waals surface area contributed by atoms with Gasteiger partial charge in [0.1, 0.15) is 6.04 Å². The molecule has 1 N–H and O–H groups in total. The molecule has 0 aliphatic rings. The summed E-state index contributed by atoms with van der Waals surface area (Å²) in [5.41, 5.74) is 1.29. The van der Waals surface area contributed by atoms with Crippen LogP contribution in [-0.2, 0) is 6.42 Å². The Morgan fingerprint density at radius 2 is 1.62 bits per heavy atom. The number of anilines is 1. The summed E-state index contributed by atoms with van der Waals surface area (Å²) >= 11 is 0. The van der Waals surface area contributed by atoms with Crippen molar-refractivity contribution in [1.82, 2.24) is 0 Å². The second-order valence-corrected chi connectivity index (χ2v) is 4.56. The number of halogens is 3. The van der Waals surface area contributed by atoms with Crippen molar-refractivity contribution in [2.75, 3.05) is 5.32 Å². The van der Waals surface area contributed by atoms with E-state index >= 15 is 0 Å². The molecule has 0 amide bonds. The minimum absolute atomic E-state index is 0.158. The minimum Gasteiger partial charge on any atom is -0.370 e. The van der Waals surface area contributed by atoms with E-state index in [4.69, 9.17) is 5.26 Å². The SMILES string of the molecule is N#CCc1ccc(NC(c2ccccc2)C(F)(F)F)cc1. The summed E-state index contributed by atoms with van der Waals surface area (Å²) in [4.78, 5) is 0. The number of hydrogen-bond acceptors (Lipinski definition) is 2. The summed E-state index contributed by atoms with van der Waals surface area (Å²) in [6, 6.07) is 14.3. The topological polar surface area (TPSA) is 35.8 Å². The summed E-state index contributed by atoms with van der Waals surface area (Å²) in [6.45, 7) is 0. The van der Waals surface area contributed by atoms with Gasteiger partial charge in [0, 0.05) is 5.69 Å². The fourth-order valence-electron chi connectivity index (χ4n) is 1.98. The monoisotopic (exact) mass is 290 g/mol. The summed E-state index contributed by atoms with van der Waals surface area (Å²) in [5.74, 6) is 0. The molecule has 2 aromatic carbocycles. The summed E-state index contributed by atoms with van der Waals surface area (Å²) < 4.78 is 39.6. The lowest BCUT2D eigenvalue weighted by Gasteiger charge is -2.23. The smallest absolute Gasteiger partial charge is 0.370 e. The lowest BCUT2D eigenvalue weighted by Crippen LogP contribution is -2.27. The molecule has 0 radical (unpaired) electrons. The van der Waals surface area contributed by atoms with Gasteiger partial charge in [0.15, 0.2) is 0 Å². The maximum atomic E-state index is 13.2. The highest BCUT2D eigenvalue weighted by molar-refractivity contribution is 5.47. The Morgan fingerprint density at radius 3 is 2.14 bits per heavy atom. The molecule has 0 aliphatic carbocycles. The molecule has 0 saturated carbocycles. The van der Waals surface area contributed by atoms with E-state index < -0.39 is 12.2 Å². The number of rotatable bonds is 4. The van der Waals surface area contributed by atoms with E-state index in [1.165, 1.54) is 12.1 Å². The quantitative estimate of drug-likeness (QED) is 0.902. The maximum absolute atomic E-state index is 13.2. The van der Waals surface area contributed by atoms with Gasteiger partial charge in [0.05, 0.1) is 12.5 Å². The highest BCUT2D eigenvalue weighted by Gasteiger charge is 2.40. The molecule has 2 nitrogen and oxygen atoms in total. The molecule has 21 heavy (non-hydrogen) atoms. The number of benzene rings is 2. The predicted molar refractivity (Wildman–Crippen MR) is 74.6 cm³/mol. The fourth-order valence-corrected chi connectivity index (χ4v) is 1.98. The Morgan fingerprint density at radius 1 is 1.00 bits per heavy atom. The molecule has 0 heterocycles. The molecule has 0 saturated heterocycles. The third-order valence-electron chi connectivity index (χ3n) is 3.01. The van der Waals surface area contributed by atoms with Gasteiger partial charge in [-0.15, -0.1) is 0 Å². The maximum Gasteiger partial charge on any atom is 0.412 e. The summed E-state index contributed by atoms with van der Waals surface area (Å²) in [5, 5.41) is 11.1. The Labute approximate surface area is 120 Å². The van der Waals surface area contributed by atoms with E-state index in [0.717, 1.165) is 5.56 Å². The van der Waals surface area contributed by atoms with E-state index in [1.54, 1.807) is 42.5 Å². The van der Waals surface area contributed by atoms with Gasteiger partial charge in [-0.1, -0.05) is 42.5 Å². The minimum atomic E-state index is -4.40. The summed E-state index contributed by atoms with van der Waals surface area (Å²) in [6.07, 6.45) is -4.16. The third-order valence-corrected chi connectivity index (χ3v) is 3.01. The van der Waals surface area contributed by atoms with Crippen LogP contribution < -0.4 is 5.32 Å². The second kappa shape index (κ2) is 6.31. The van der Waals surface area contributed by atoms with Crippen molar-refractivity contribution in [1.29, 1.82) is 5.26 Å². The molecule has 2 aromatic rings. The van der Waals surface area contributed by atoms with Crippen molar-refractivity contribution in [3.8, 4) is 6.07 Å². The standard InChI is InChI=1S/C16H13F3N2/c17-16(18,19)15(13-4-2-1-3-5-13)21-14-8-6-12(7-9-14)10-11-20/h1-9,15,21H,10H2. The molecule has 1 unspecified atom stereocenters. The van der Waals surface area contributed by atoms with Crippen LogP contribution in [0.4, 0.5) is 18.9 Å². The van der Waals surface area contributed by atoms with Gasteiger partial charge >= 0.3 is 6.18 Å². The van der Waals surface area contributed by atoms with Crippen LogP contribution in [-0.4, -0.2) is 6.18 Å². The fraction of sp³-hybridized carbons (Fsp3) is 0.188. The van der Waals surface area contributed by atoms with Crippen molar-refractivity contribution in [2.24, 2.45) is 0 Å². The second-order valence-electron chi connectivity index (χ2n) is 4.56. The molecule has 5 heteroatoms. The van der Waals surface area contributed by atoms with Crippen LogP contribution in [0.25, 0.3) is 0 Å². The zero-order chi connectivity index (χ0) is 15.3. The molecular weight excluding hydrogens is 277 g/mol. The van der Waals surface area contributed by atoms with E-state index in [9.17, 15) is 13.2 Å². The summed E-state index contributed by atoms with van der Waals surface area (Å²) in [7, 11) is 0. The van der Waals surface area contributed by atoms with Crippen LogP contribution in [0.15, 0.2) is 54.6 Å². The van der Waals surface area contributed by atoms with Gasteiger partial charge in [-0.2, -0.15) is 18.4 Å². The first-order chi connectivity index (χ1) is 10.0. The van der Waals surface area contributed by atoms with Gasteiger partial charge in [-0.3, -0.25) is 0 Å². The van der Waals surface area contributed by atoms with Crippen LogP contribution >= 0.6 is 0 Å². The van der Waals surface area contributed by atoms with Gasteiger partial charge in [-0.25, -0.2) is 0 Å². The average Bonchev–Trinajstić information content (AvgIpc) is 2.46. The van der Waals surface area contributed by atoms with Crippen molar-refractivity contribution >= 4 is 5.69 Å². The molecule has 0 spiro atoms. The normalized spacial score (nSPS) is 12.5.